The van der Waals surface area contributed by atoms with Gasteiger partial charge in [0.15, 0.2) is 5.82 Å². The summed E-state index contributed by atoms with van der Waals surface area (Å²) in [4.78, 5) is 8.54. The third-order valence-electron chi connectivity index (χ3n) is 4.06. The molecule has 2 heterocycles. The number of nitrogens with zero attached hydrogens (tertiary/aromatic N) is 3. The van der Waals surface area contributed by atoms with Gasteiger partial charge in [0.2, 0.25) is 0 Å². The Morgan fingerprint density at radius 1 is 1.14 bits per heavy atom. The van der Waals surface area contributed by atoms with E-state index in [0.29, 0.717) is 11.3 Å². The molecule has 1 saturated heterocycles. The fraction of sp³-hybridized carbons (Fsp3) is 0.353. The van der Waals surface area contributed by atoms with Gasteiger partial charge >= 0.3 is 0 Å². The Bertz CT molecular complexity index is 616. The van der Waals surface area contributed by atoms with E-state index in [2.05, 4.69) is 16.0 Å². The molecule has 0 bridgehead atoms. The predicted molar refractivity (Wildman–Crippen MR) is 86.7 cm³/mol. The molecule has 2 aliphatic rings. The molecule has 2 aliphatic heterocycles. The summed E-state index contributed by atoms with van der Waals surface area (Å²) in [5.41, 5.74) is 2.09. The molecule has 0 amide bonds. The third-order valence-corrected chi connectivity index (χ3v) is 4.06. The molecule has 0 unspecified atom stereocenters. The number of aliphatic hydroxyl groups excluding tert-OH is 1. The number of hydrogen-bond acceptors (Lipinski definition) is 4. The van der Waals surface area contributed by atoms with Gasteiger partial charge in [-0.05, 0) is 18.2 Å². The Hall–Kier alpha value is -2.14. The van der Waals surface area contributed by atoms with E-state index < -0.39 is 0 Å². The van der Waals surface area contributed by atoms with Crippen LogP contribution in [0.15, 0.2) is 47.1 Å². The van der Waals surface area contributed by atoms with Crippen LogP contribution in [0.2, 0.25) is 0 Å². The fourth-order valence-electron chi connectivity index (χ4n) is 2.83. The largest absolute Gasteiger partial charge is 0.392 e. The second kappa shape index (κ2) is 6.75. The number of hydrogen-bond donors (Lipinski definition) is 1. The first-order chi connectivity index (χ1) is 10.8. The molecular weight excluding hydrogens is 281 g/mol. The van der Waals surface area contributed by atoms with E-state index >= 15 is 0 Å². The van der Waals surface area contributed by atoms with Crippen molar-refractivity contribution in [2.24, 2.45) is 4.99 Å². The second-order valence-electron chi connectivity index (χ2n) is 5.39. The first-order valence-corrected chi connectivity index (χ1v) is 7.54. The van der Waals surface area contributed by atoms with Gasteiger partial charge in [-0.25, -0.2) is 4.39 Å². The lowest BCUT2D eigenvalue weighted by Gasteiger charge is -2.38. The fourth-order valence-corrected chi connectivity index (χ4v) is 2.83. The normalized spacial score (nSPS) is 18.4. The summed E-state index contributed by atoms with van der Waals surface area (Å²) < 4.78 is 14.3. The maximum atomic E-state index is 14.3. The van der Waals surface area contributed by atoms with E-state index in [1.165, 1.54) is 0 Å². The molecule has 0 atom stereocenters. The Labute approximate surface area is 129 Å². The number of aliphatic hydroxyl groups is 1. The molecule has 1 N–H and O–H groups in total. The molecule has 0 aromatic heterocycles. The van der Waals surface area contributed by atoms with Crippen molar-refractivity contribution in [3.63, 3.8) is 0 Å². The van der Waals surface area contributed by atoms with Gasteiger partial charge < -0.3 is 14.9 Å². The summed E-state index contributed by atoms with van der Waals surface area (Å²) in [6.45, 7) is 3.65. The van der Waals surface area contributed by atoms with Crippen molar-refractivity contribution >= 4 is 11.9 Å². The highest BCUT2D eigenvalue weighted by Gasteiger charge is 2.21. The minimum atomic E-state index is -0.306. The van der Waals surface area contributed by atoms with Crippen molar-refractivity contribution < 1.29 is 9.50 Å². The van der Waals surface area contributed by atoms with E-state index in [9.17, 15) is 9.50 Å². The van der Waals surface area contributed by atoms with Crippen LogP contribution in [0.1, 0.15) is 5.56 Å². The average molecular weight is 301 g/mol. The van der Waals surface area contributed by atoms with Crippen molar-refractivity contribution in [2.75, 3.05) is 37.6 Å². The van der Waals surface area contributed by atoms with Crippen LogP contribution in [0, 0.1) is 5.82 Å². The van der Waals surface area contributed by atoms with Gasteiger partial charge in [0, 0.05) is 43.7 Å². The molecule has 0 saturated carbocycles. The monoisotopic (exact) mass is 301 g/mol. The van der Waals surface area contributed by atoms with Crippen LogP contribution in [0.25, 0.3) is 0 Å². The highest BCUT2D eigenvalue weighted by molar-refractivity contribution is 5.73. The Kier molecular flexibility index (Phi) is 4.53. The first-order valence-electron chi connectivity index (χ1n) is 7.54. The van der Waals surface area contributed by atoms with Crippen LogP contribution < -0.4 is 4.90 Å². The van der Waals surface area contributed by atoms with Crippen LogP contribution in [0.3, 0.4) is 0 Å². The van der Waals surface area contributed by atoms with Crippen molar-refractivity contribution in [3.8, 4) is 0 Å². The number of halogens is 1. The molecule has 0 aliphatic carbocycles. The van der Waals surface area contributed by atoms with Gasteiger partial charge in [-0.15, -0.1) is 0 Å². The Balaban J connectivity index is 1.69. The molecule has 5 heteroatoms. The number of aliphatic imine (C=N–C) groups is 1. The predicted octanol–water partition coefficient (Wildman–Crippen LogP) is 1.96. The molecule has 22 heavy (non-hydrogen) atoms. The molecule has 116 valence electrons. The lowest BCUT2D eigenvalue weighted by Crippen LogP contribution is -2.46. The highest BCUT2D eigenvalue weighted by atomic mass is 19.1. The Morgan fingerprint density at radius 2 is 1.91 bits per heavy atom. The summed E-state index contributed by atoms with van der Waals surface area (Å²) in [6.07, 6.45) is 8.00. The average Bonchev–Trinajstić information content (AvgIpc) is 2.85. The number of benzene rings is 1. The quantitative estimate of drug-likeness (QED) is 0.928. The van der Waals surface area contributed by atoms with Gasteiger partial charge in [-0.1, -0.05) is 18.2 Å². The van der Waals surface area contributed by atoms with Gasteiger partial charge in [0.1, 0.15) is 0 Å². The van der Waals surface area contributed by atoms with Crippen molar-refractivity contribution in [3.05, 3.63) is 53.5 Å². The minimum Gasteiger partial charge on any atom is -0.392 e. The maximum absolute atomic E-state index is 14.3. The van der Waals surface area contributed by atoms with Crippen LogP contribution in [-0.4, -0.2) is 48.9 Å². The zero-order valence-electron chi connectivity index (χ0n) is 12.5. The third kappa shape index (κ3) is 3.04. The van der Waals surface area contributed by atoms with E-state index in [-0.39, 0.29) is 12.4 Å². The highest BCUT2D eigenvalue weighted by Crippen LogP contribution is 2.24. The standard InChI is InChI=1S/C17H20FN3O/c18-17-14(13-22)3-1-5-16(17)21-11-9-20(10-12-21)15-4-2-7-19-8-6-15/h1-6,8,22H,7,9-13H2. The zero-order chi connectivity index (χ0) is 15.4. The van der Waals surface area contributed by atoms with Gasteiger partial charge in [0.25, 0.3) is 0 Å². The number of rotatable bonds is 3. The van der Waals surface area contributed by atoms with Crippen LogP contribution in [-0.2, 0) is 6.61 Å². The SMILES string of the molecule is OCc1cccc(N2CCN(C3=CC=NCC=C3)CC2)c1F. The van der Waals surface area contributed by atoms with E-state index in [1.54, 1.807) is 18.2 Å². The van der Waals surface area contributed by atoms with Crippen molar-refractivity contribution in [2.45, 2.75) is 6.61 Å². The summed E-state index contributed by atoms with van der Waals surface area (Å²) in [5.74, 6) is -0.306. The van der Waals surface area contributed by atoms with Gasteiger partial charge in [-0.3, -0.25) is 4.99 Å². The maximum Gasteiger partial charge on any atom is 0.151 e. The molecule has 1 fully saturated rings. The number of anilines is 1. The summed E-state index contributed by atoms with van der Waals surface area (Å²) in [7, 11) is 0. The minimum absolute atomic E-state index is 0.267. The molecular formula is C17H20FN3O. The lowest BCUT2D eigenvalue weighted by molar-refractivity contribution is 0.275. The molecule has 4 nitrogen and oxygen atoms in total. The summed E-state index contributed by atoms with van der Waals surface area (Å²) in [5, 5.41) is 9.19. The topological polar surface area (TPSA) is 39.1 Å². The molecule has 0 spiro atoms. The van der Waals surface area contributed by atoms with E-state index in [1.807, 2.05) is 23.3 Å². The van der Waals surface area contributed by atoms with Crippen LogP contribution in [0.4, 0.5) is 10.1 Å². The Morgan fingerprint density at radius 3 is 2.68 bits per heavy atom. The second-order valence-corrected chi connectivity index (χ2v) is 5.39. The number of piperazine rings is 1. The first kappa shape index (κ1) is 14.8. The summed E-state index contributed by atoms with van der Waals surface area (Å²) >= 11 is 0. The molecule has 3 rings (SSSR count). The molecule has 1 aromatic rings. The van der Waals surface area contributed by atoms with Crippen LogP contribution in [0.5, 0.6) is 0 Å². The van der Waals surface area contributed by atoms with Crippen LogP contribution >= 0.6 is 0 Å². The number of allylic oxidation sites excluding steroid dienone is 2. The van der Waals surface area contributed by atoms with Crippen molar-refractivity contribution in [1.29, 1.82) is 0 Å². The zero-order valence-corrected chi connectivity index (χ0v) is 12.5. The molecule has 1 aromatic carbocycles. The van der Waals surface area contributed by atoms with Gasteiger partial charge in [-0.2, -0.15) is 0 Å². The van der Waals surface area contributed by atoms with Crippen molar-refractivity contribution in [1.82, 2.24) is 4.90 Å². The summed E-state index contributed by atoms with van der Waals surface area (Å²) in [6, 6.07) is 5.19. The van der Waals surface area contributed by atoms with E-state index in [4.69, 9.17) is 0 Å². The smallest absolute Gasteiger partial charge is 0.151 e. The molecule has 0 radical (unpaired) electrons. The van der Waals surface area contributed by atoms with Gasteiger partial charge in [0.05, 0.1) is 18.8 Å². The lowest BCUT2D eigenvalue weighted by atomic mass is 10.1. The van der Waals surface area contributed by atoms with E-state index in [0.717, 1.165) is 38.4 Å².